The monoisotopic (exact) mass is 305 g/mol. The molecule has 0 aromatic heterocycles. The second kappa shape index (κ2) is 7.61. The molecule has 1 aromatic rings. The van der Waals surface area contributed by atoms with Gasteiger partial charge in [0.2, 0.25) is 0 Å². The molecule has 1 fully saturated rings. The fourth-order valence-electron chi connectivity index (χ4n) is 2.78. The molecule has 22 heavy (non-hydrogen) atoms. The molecular weight excluding hydrogens is 278 g/mol. The van der Waals surface area contributed by atoms with Crippen LogP contribution < -0.4 is 10.2 Å². The Hall–Kier alpha value is -1.59. The van der Waals surface area contributed by atoms with Crippen molar-refractivity contribution in [2.75, 3.05) is 45.3 Å². The summed E-state index contributed by atoms with van der Waals surface area (Å²) in [6.45, 7) is 7.43. The predicted octanol–water partition coefficient (Wildman–Crippen LogP) is 1.59. The number of amides is 1. The molecule has 0 unspecified atom stereocenters. The van der Waals surface area contributed by atoms with Crippen LogP contribution in [0.15, 0.2) is 24.3 Å². The number of morpholine rings is 1. The van der Waals surface area contributed by atoms with Crippen molar-refractivity contribution in [2.24, 2.45) is 0 Å². The first-order valence-electron chi connectivity index (χ1n) is 7.88. The summed E-state index contributed by atoms with van der Waals surface area (Å²) in [6, 6.07) is 8.38. The van der Waals surface area contributed by atoms with Gasteiger partial charge in [0.25, 0.3) is 5.91 Å². The van der Waals surface area contributed by atoms with Crippen molar-refractivity contribution in [3.63, 3.8) is 0 Å². The maximum absolute atomic E-state index is 12.3. The number of hydrogen-bond acceptors (Lipinski definition) is 4. The van der Waals surface area contributed by atoms with Crippen LogP contribution in [0.1, 0.15) is 24.2 Å². The average Bonchev–Trinajstić information content (AvgIpc) is 2.52. The molecule has 1 aromatic carbocycles. The summed E-state index contributed by atoms with van der Waals surface area (Å²) in [7, 11) is 3.94. The third kappa shape index (κ3) is 4.21. The zero-order chi connectivity index (χ0) is 16.1. The van der Waals surface area contributed by atoms with Crippen LogP contribution >= 0.6 is 0 Å². The number of carbonyl (C=O) groups is 1. The number of hydrogen-bond donors (Lipinski definition) is 1. The molecule has 0 radical (unpaired) electrons. The first-order chi connectivity index (χ1) is 10.5. The molecule has 122 valence electrons. The fourth-order valence-corrected chi connectivity index (χ4v) is 2.78. The van der Waals surface area contributed by atoms with Gasteiger partial charge in [0.15, 0.2) is 0 Å². The van der Waals surface area contributed by atoms with E-state index in [1.165, 1.54) is 0 Å². The van der Waals surface area contributed by atoms with Gasteiger partial charge in [0.05, 0.1) is 13.2 Å². The van der Waals surface area contributed by atoms with Crippen LogP contribution in [0.4, 0.5) is 5.69 Å². The number of benzene rings is 1. The molecule has 2 rings (SSSR count). The predicted molar refractivity (Wildman–Crippen MR) is 89.6 cm³/mol. The van der Waals surface area contributed by atoms with E-state index in [2.05, 4.69) is 24.1 Å². The van der Waals surface area contributed by atoms with Crippen LogP contribution in [-0.4, -0.2) is 63.3 Å². The maximum atomic E-state index is 12.3. The normalized spacial score (nSPS) is 20.5. The van der Waals surface area contributed by atoms with E-state index >= 15 is 0 Å². The zero-order valence-corrected chi connectivity index (χ0v) is 14.0. The highest BCUT2D eigenvalue weighted by Crippen LogP contribution is 2.14. The lowest BCUT2D eigenvalue weighted by Gasteiger charge is -2.37. The summed E-state index contributed by atoms with van der Waals surface area (Å²) in [5, 5.41) is 3.04. The molecule has 1 heterocycles. The van der Waals surface area contributed by atoms with Crippen LogP contribution in [0.2, 0.25) is 0 Å². The zero-order valence-electron chi connectivity index (χ0n) is 14.0. The highest BCUT2D eigenvalue weighted by molar-refractivity contribution is 5.95. The van der Waals surface area contributed by atoms with Crippen molar-refractivity contribution >= 4 is 11.6 Å². The van der Waals surface area contributed by atoms with Crippen LogP contribution in [0.3, 0.4) is 0 Å². The van der Waals surface area contributed by atoms with Crippen molar-refractivity contribution in [3.05, 3.63) is 29.8 Å². The number of anilines is 1. The first kappa shape index (κ1) is 16.8. The van der Waals surface area contributed by atoms with Crippen molar-refractivity contribution < 1.29 is 9.53 Å². The molecule has 1 aliphatic heterocycles. The van der Waals surface area contributed by atoms with Gasteiger partial charge in [-0.1, -0.05) is 6.07 Å². The number of nitrogens with one attached hydrogen (secondary N) is 1. The van der Waals surface area contributed by atoms with Crippen molar-refractivity contribution in [2.45, 2.75) is 25.9 Å². The minimum absolute atomic E-state index is 0.0172. The van der Waals surface area contributed by atoms with Gasteiger partial charge in [0, 0.05) is 50.5 Å². The minimum Gasteiger partial charge on any atom is -0.379 e. The van der Waals surface area contributed by atoms with E-state index in [4.69, 9.17) is 4.74 Å². The Morgan fingerprint density at radius 1 is 1.50 bits per heavy atom. The standard InChI is InChI=1S/C17H27N3O2/c1-13(20-8-9-22-12-14(20)2)11-18-17(21)15-6-5-7-16(10-15)19(3)4/h5-7,10,13-14H,8-9,11-12H2,1-4H3,(H,18,21)/t13-,14+/m0/s1. The first-order valence-corrected chi connectivity index (χ1v) is 7.88. The Morgan fingerprint density at radius 3 is 2.95 bits per heavy atom. The van der Waals surface area contributed by atoms with E-state index < -0.39 is 0 Å². The highest BCUT2D eigenvalue weighted by atomic mass is 16.5. The lowest BCUT2D eigenvalue weighted by Crippen LogP contribution is -2.51. The van der Waals surface area contributed by atoms with Gasteiger partial charge < -0.3 is 15.0 Å². The Bertz CT molecular complexity index is 504. The number of rotatable bonds is 5. The van der Waals surface area contributed by atoms with Crippen molar-refractivity contribution in [3.8, 4) is 0 Å². The molecular formula is C17H27N3O2. The van der Waals surface area contributed by atoms with Gasteiger partial charge in [-0.05, 0) is 32.0 Å². The molecule has 0 saturated carbocycles. The summed E-state index contributed by atoms with van der Waals surface area (Å²) in [6.07, 6.45) is 0. The lowest BCUT2D eigenvalue weighted by molar-refractivity contribution is -0.0178. The minimum atomic E-state index is -0.0172. The Balaban J connectivity index is 1.90. The summed E-state index contributed by atoms with van der Waals surface area (Å²) in [5.74, 6) is -0.0172. The number of nitrogens with zero attached hydrogens (tertiary/aromatic N) is 2. The van der Waals surface area contributed by atoms with Gasteiger partial charge in [0.1, 0.15) is 0 Å². The van der Waals surface area contributed by atoms with E-state index in [0.29, 0.717) is 24.2 Å². The molecule has 0 aliphatic carbocycles. The van der Waals surface area contributed by atoms with Gasteiger partial charge in [-0.2, -0.15) is 0 Å². The largest absolute Gasteiger partial charge is 0.379 e. The SMILES string of the molecule is C[C@@H]1COCCN1[C@@H](C)CNC(=O)c1cccc(N(C)C)c1. The van der Waals surface area contributed by atoms with Crippen LogP contribution in [0.5, 0.6) is 0 Å². The molecule has 1 N–H and O–H groups in total. The molecule has 1 saturated heterocycles. The Morgan fingerprint density at radius 2 is 2.27 bits per heavy atom. The number of carbonyl (C=O) groups excluding carboxylic acids is 1. The third-order valence-electron chi connectivity index (χ3n) is 4.17. The molecule has 2 atom stereocenters. The third-order valence-corrected chi connectivity index (χ3v) is 4.17. The van der Waals surface area contributed by atoms with Crippen LogP contribution in [-0.2, 0) is 4.74 Å². The summed E-state index contributed by atoms with van der Waals surface area (Å²) >= 11 is 0. The highest BCUT2D eigenvalue weighted by Gasteiger charge is 2.23. The molecule has 5 heteroatoms. The fraction of sp³-hybridized carbons (Fsp3) is 0.588. The van der Waals surface area contributed by atoms with Crippen LogP contribution in [0.25, 0.3) is 0 Å². The molecule has 0 spiro atoms. The smallest absolute Gasteiger partial charge is 0.251 e. The molecule has 5 nitrogen and oxygen atoms in total. The lowest BCUT2D eigenvalue weighted by atomic mass is 10.1. The molecule has 1 amide bonds. The average molecular weight is 305 g/mol. The van der Waals surface area contributed by atoms with Gasteiger partial charge in [-0.25, -0.2) is 0 Å². The summed E-state index contributed by atoms with van der Waals surface area (Å²) in [5.41, 5.74) is 1.73. The van der Waals surface area contributed by atoms with E-state index in [1.54, 1.807) is 0 Å². The van der Waals surface area contributed by atoms with E-state index in [1.807, 2.05) is 43.3 Å². The van der Waals surface area contributed by atoms with E-state index in [-0.39, 0.29) is 5.91 Å². The van der Waals surface area contributed by atoms with Crippen LogP contribution in [0, 0.1) is 0 Å². The Labute approximate surface area is 133 Å². The van der Waals surface area contributed by atoms with Gasteiger partial charge in [-0.3, -0.25) is 9.69 Å². The van der Waals surface area contributed by atoms with E-state index in [9.17, 15) is 4.79 Å². The second-order valence-corrected chi connectivity index (χ2v) is 6.17. The second-order valence-electron chi connectivity index (χ2n) is 6.17. The van der Waals surface area contributed by atoms with Crippen molar-refractivity contribution in [1.82, 2.24) is 10.2 Å². The molecule has 0 bridgehead atoms. The van der Waals surface area contributed by atoms with Crippen molar-refractivity contribution in [1.29, 1.82) is 0 Å². The van der Waals surface area contributed by atoms with Gasteiger partial charge in [-0.15, -0.1) is 0 Å². The quantitative estimate of drug-likeness (QED) is 0.897. The van der Waals surface area contributed by atoms with E-state index in [0.717, 1.165) is 25.4 Å². The number of ether oxygens (including phenoxy) is 1. The Kier molecular flexibility index (Phi) is 5.80. The topological polar surface area (TPSA) is 44.8 Å². The summed E-state index contributed by atoms with van der Waals surface area (Å²) < 4.78 is 5.46. The molecule has 1 aliphatic rings. The van der Waals surface area contributed by atoms with Gasteiger partial charge >= 0.3 is 0 Å². The maximum Gasteiger partial charge on any atom is 0.251 e. The summed E-state index contributed by atoms with van der Waals surface area (Å²) in [4.78, 5) is 16.7.